The molecule has 0 radical (unpaired) electrons. The molecule has 2 heterocycles. The smallest absolute Gasteiger partial charge is 0.190 e. The number of rotatable bonds is 14. The van der Waals surface area contributed by atoms with Crippen LogP contribution in [-0.4, -0.2) is 65.8 Å². The third kappa shape index (κ3) is 7.91. The van der Waals surface area contributed by atoms with Crippen LogP contribution < -0.4 is 24.4 Å². The van der Waals surface area contributed by atoms with E-state index in [1.807, 2.05) is 12.1 Å². The van der Waals surface area contributed by atoms with Gasteiger partial charge in [0.25, 0.3) is 0 Å². The van der Waals surface area contributed by atoms with E-state index in [0.717, 1.165) is 68.4 Å². The summed E-state index contributed by atoms with van der Waals surface area (Å²) < 4.78 is 56.1. The first-order valence-electron chi connectivity index (χ1n) is 14.7. The first-order valence-corrected chi connectivity index (χ1v) is 14.7. The van der Waals surface area contributed by atoms with Crippen molar-refractivity contribution in [2.75, 3.05) is 64.6 Å². The molecule has 226 valence electrons. The maximum absolute atomic E-state index is 13.7. The second-order valence-corrected chi connectivity index (χ2v) is 10.6. The molecule has 9 heteroatoms. The van der Waals surface area contributed by atoms with E-state index < -0.39 is 11.6 Å². The summed E-state index contributed by atoms with van der Waals surface area (Å²) in [7, 11) is 1.74. The SMILES string of the molecule is COCCCN1CCOc2ccc(CO[C@H]3CNCC[C@@H]3c3ccc(OCCCOc4c(F)cccc4F)cc3)cc21. The van der Waals surface area contributed by atoms with Gasteiger partial charge in [-0.3, -0.25) is 0 Å². The summed E-state index contributed by atoms with van der Waals surface area (Å²) in [5, 5.41) is 3.48. The van der Waals surface area contributed by atoms with Crippen LogP contribution in [0.2, 0.25) is 0 Å². The van der Waals surface area contributed by atoms with E-state index in [0.29, 0.717) is 26.2 Å². The monoisotopic (exact) mass is 582 g/mol. The fraction of sp³-hybridized carbons (Fsp3) is 0.455. The minimum atomic E-state index is -0.704. The number of methoxy groups -OCH3 is 1. The van der Waals surface area contributed by atoms with E-state index in [-0.39, 0.29) is 24.4 Å². The number of ether oxygens (including phenoxy) is 5. The molecule has 3 aromatic carbocycles. The Morgan fingerprint density at radius 3 is 2.57 bits per heavy atom. The van der Waals surface area contributed by atoms with Crippen LogP contribution in [0.1, 0.15) is 36.3 Å². The average molecular weight is 583 g/mol. The Kier molecular flexibility index (Phi) is 10.9. The zero-order valence-electron chi connectivity index (χ0n) is 24.2. The molecule has 2 aliphatic heterocycles. The van der Waals surface area contributed by atoms with Crippen LogP contribution in [-0.2, 0) is 16.1 Å². The van der Waals surface area contributed by atoms with Crippen molar-refractivity contribution in [3.63, 3.8) is 0 Å². The molecule has 0 spiro atoms. The van der Waals surface area contributed by atoms with Gasteiger partial charge in [-0.05, 0) is 66.9 Å². The van der Waals surface area contributed by atoms with E-state index in [2.05, 4.69) is 40.5 Å². The molecular formula is C33H40F2N2O5. The number of fused-ring (bicyclic) bond motifs is 1. The van der Waals surface area contributed by atoms with Gasteiger partial charge in [-0.25, -0.2) is 8.78 Å². The molecule has 7 nitrogen and oxygen atoms in total. The van der Waals surface area contributed by atoms with Gasteiger partial charge in [0.15, 0.2) is 17.4 Å². The predicted octanol–water partition coefficient (Wildman–Crippen LogP) is 5.71. The van der Waals surface area contributed by atoms with Crippen LogP contribution in [0.25, 0.3) is 0 Å². The fourth-order valence-electron chi connectivity index (χ4n) is 5.48. The van der Waals surface area contributed by atoms with Crippen molar-refractivity contribution in [1.82, 2.24) is 5.32 Å². The Morgan fingerprint density at radius 2 is 1.76 bits per heavy atom. The quantitative estimate of drug-likeness (QED) is 0.244. The molecule has 0 bridgehead atoms. The lowest BCUT2D eigenvalue weighted by Crippen LogP contribution is -2.41. The number of nitrogens with zero attached hydrogens (tertiary/aromatic N) is 1. The third-order valence-electron chi connectivity index (χ3n) is 7.68. The van der Waals surface area contributed by atoms with Crippen molar-refractivity contribution in [2.24, 2.45) is 0 Å². The first kappa shape index (κ1) is 30.1. The van der Waals surface area contributed by atoms with Crippen molar-refractivity contribution >= 4 is 5.69 Å². The number of para-hydroxylation sites is 1. The zero-order valence-corrected chi connectivity index (χ0v) is 24.2. The molecule has 2 aliphatic rings. The minimum absolute atomic E-state index is 0.0477. The molecular weight excluding hydrogens is 542 g/mol. The number of halogens is 2. The number of hydrogen-bond donors (Lipinski definition) is 1. The van der Waals surface area contributed by atoms with Crippen molar-refractivity contribution in [3.8, 4) is 17.2 Å². The lowest BCUT2D eigenvalue weighted by atomic mass is 9.87. The summed E-state index contributed by atoms with van der Waals surface area (Å²) in [5.74, 6) is 0.188. The van der Waals surface area contributed by atoms with Gasteiger partial charge in [-0.2, -0.15) is 0 Å². The summed E-state index contributed by atoms with van der Waals surface area (Å²) in [6.07, 6.45) is 2.51. The molecule has 0 unspecified atom stereocenters. The Hall–Kier alpha value is -3.40. The Labute approximate surface area is 246 Å². The highest BCUT2D eigenvalue weighted by Crippen LogP contribution is 2.34. The Morgan fingerprint density at radius 1 is 0.952 bits per heavy atom. The standard InChI is InChI=1S/C33H40F2N2O5/c1-38-17-3-15-37-16-20-40-31-12-7-24(21-30(31)37)23-42-32-22-36-14-13-27(32)25-8-10-26(11-9-25)39-18-4-19-41-33-28(34)5-2-6-29(33)35/h2,5-12,21,27,32,36H,3-4,13-20,22-23H2,1H3/t27-,32+/m1/s1. The minimum Gasteiger partial charge on any atom is -0.493 e. The number of piperidine rings is 1. The van der Waals surface area contributed by atoms with Gasteiger partial charge < -0.3 is 33.9 Å². The van der Waals surface area contributed by atoms with Crippen molar-refractivity contribution in [2.45, 2.75) is 37.9 Å². The summed E-state index contributed by atoms with van der Waals surface area (Å²) in [4.78, 5) is 2.37. The van der Waals surface area contributed by atoms with Gasteiger partial charge >= 0.3 is 0 Å². The second kappa shape index (κ2) is 15.2. The molecule has 1 N–H and O–H groups in total. The molecule has 0 amide bonds. The van der Waals surface area contributed by atoms with E-state index in [1.165, 1.54) is 23.8 Å². The van der Waals surface area contributed by atoms with E-state index in [1.54, 1.807) is 7.11 Å². The normalized spacial score (nSPS) is 18.3. The van der Waals surface area contributed by atoms with Gasteiger partial charge in [0.1, 0.15) is 18.1 Å². The van der Waals surface area contributed by atoms with E-state index in [4.69, 9.17) is 23.7 Å². The highest BCUT2D eigenvalue weighted by Gasteiger charge is 2.27. The maximum Gasteiger partial charge on any atom is 0.190 e. The highest BCUT2D eigenvalue weighted by molar-refractivity contribution is 5.61. The molecule has 3 aromatic rings. The molecule has 0 aliphatic carbocycles. The number of hydrogen-bond acceptors (Lipinski definition) is 7. The average Bonchev–Trinajstić information content (AvgIpc) is 3.02. The van der Waals surface area contributed by atoms with Crippen molar-refractivity contribution in [1.29, 1.82) is 0 Å². The number of anilines is 1. The third-order valence-corrected chi connectivity index (χ3v) is 7.68. The Balaban J connectivity index is 1.11. The van der Waals surface area contributed by atoms with Crippen LogP contribution in [0.4, 0.5) is 14.5 Å². The fourth-order valence-corrected chi connectivity index (χ4v) is 5.48. The van der Waals surface area contributed by atoms with Crippen LogP contribution >= 0.6 is 0 Å². The predicted molar refractivity (Wildman–Crippen MR) is 158 cm³/mol. The lowest BCUT2D eigenvalue weighted by Gasteiger charge is -2.33. The van der Waals surface area contributed by atoms with Crippen LogP contribution in [0.3, 0.4) is 0 Å². The van der Waals surface area contributed by atoms with Crippen LogP contribution in [0, 0.1) is 11.6 Å². The maximum atomic E-state index is 13.7. The summed E-state index contributed by atoms with van der Waals surface area (Å²) in [6.45, 7) is 6.05. The summed E-state index contributed by atoms with van der Waals surface area (Å²) in [5.41, 5.74) is 3.47. The second-order valence-electron chi connectivity index (χ2n) is 10.6. The molecule has 1 fully saturated rings. The van der Waals surface area contributed by atoms with Gasteiger partial charge in [0.2, 0.25) is 0 Å². The molecule has 2 atom stereocenters. The molecule has 0 aromatic heterocycles. The van der Waals surface area contributed by atoms with Crippen molar-refractivity contribution in [3.05, 3.63) is 83.4 Å². The van der Waals surface area contributed by atoms with E-state index in [9.17, 15) is 8.78 Å². The lowest BCUT2D eigenvalue weighted by molar-refractivity contribution is 0.0106. The summed E-state index contributed by atoms with van der Waals surface area (Å²) in [6, 6.07) is 18.1. The molecule has 42 heavy (non-hydrogen) atoms. The van der Waals surface area contributed by atoms with Gasteiger partial charge in [-0.1, -0.05) is 24.3 Å². The van der Waals surface area contributed by atoms with Crippen LogP contribution in [0.15, 0.2) is 60.7 Å². The van der Waals surface area contributed by atoms with Crippen LogP contribution in [0.5, 0.6) is 17.2 Å². The first-order chi connectivity index (χ1) is 20.6. The number of nitrogens with one attached hydrogen (secondary N) is 1. The number of benzene rings is 3. The Bertz CT molecular complexity index is 1260. The molecule has 1 saturated heterocycles. The largest absolute Gasteiger partial charge is 0.493 e. The van der Waals surface area contributed by atoms with E-state index >= 15 is 0 Å². The van der Waals surface area contributed by atoms with Crippen molar-refractivity contribution < 1.29 is 32.5 Å². The summed E-state index contributed by atoms with van der Waals surface area (Å²) >= 11 is 0. The highest BCUT2D eigenvalue weighted by atomic mass is 19.1. The molecule has 5 rings (SSSR count). The zero-order chi connectivity index (χ0) is 29.1. The molecule has 0 saturated carbocycles. The topological polar surface area (TPSA) is 61.4 Å². The van der Waals surface area contributed by atoms with Gasteiger partial charge in [-0.15, -0.1) is 0 Å². The van der Waals surface area contributed by atoms with Gasteiger partial charge in [0.05, 0.1) is 38.2 Å². The van der Waals surface area contributed by atoms with Gasteiger partial charge in [0, 0.05) is 39.1 Å².